The first-order valence-corrected chi connectivity index (χ1v) is 9.24. The number of esters is 1. The predicted molar refractivity (Wildman–Crippen MR) is 101 cm³/mol. The molecule has 0 fully saturated rings. The molecule has 3 rings (SSSR count). The number of thiazole rings is 1. The normalized spacial score (nSPS) is 11.7. The number of rotatable bonds is 6. The molecule has 1 amide bonds. The molecule has 0 saturated heterocycles. The highest BCUT2D eigenvalue weighted by atomic mass is 32.1. The Hall–Kier alpha value is -3.13. The zero-order valence-corrected chi connectivity index (χ0v) is 15.6. The molecule has 28 heavy (non-hydrogen) atoms. The molecule has 1 atom stereocenters. The zero-order valence-electron chi connectivity index (χ0n) is 14.8. The number of benzene rings is 2. The van der Waals surface area contributed by atoms with E-state index in [1.165, 1.54) is 17.4 Å². The van der Waals surface area contributed by atoms with E-state index in [9.17, 15) is 18.4 Å². The molecule has 1 aromatic heterocycles. The first kappa shape index (κ1) is 19.6. The molecule has 3 aromatic rings. The largest absolute Gasteiger partial charge is 0.451 e. The lowest BCUT2D eigenvalue weighted by molar-refractivity contribution is -0.124. The maximum atomic E-state index is 13.7. The first-order valence-electron chi connectivity index (χ1n) is 8.36. The highest BCUT2D eigenvalue weighted by molar-refractivity contribution is 7.13. The minimum atomic E-state index is -0.763. The van der Waals surface area contributed by atoms with E-state index in [0.29, 0.717) is 5.01 Å². The quantitative estimate of drug-likeness (QED) is 0.630. The minimum absolute atomic E-state index is 0.106. The van der Waals surface area contributed by atoms with Crippen LogP contribution in [0.2, 0.25) is 0 Å². The highest BCUT2D eigenvalue weighted by Gasteiger charge is 2.17. The molecule has 1 N–H and O–H groups in total. The van der Waals surface area contributed by atoms with Crippen LogP contribution in [-0.4, -0.2) is 23.5 Å². The number of nitrogens with one attached hydrogen (secondary N) is 1. The number of amides is 1. The molecule has 0 aliphatic rings. The molecule has 0 unspecified atom stereocenters. The van der Waals surface area contributed by atoms with Crippen molar-refractivity contribution in [1.29, 1.82) is 0 Å². The second-order valence-electron chi connectivity index (χ2n) is 5.94. The molecule has 5 nitrogen and oxygen atoms in total. The summed E-state index contributed by atoms with van der Waals surface area (Å²) in [6.45, 7) is 1.01. The third-order valence-corrected chi connectivity index (χ3v) is 4.77. The maximum absolute atomic E-state index is 13.7. The van der Waals surface area contributed by atoms with Crippen LogP contribution in [0, 0.1) is 11.6 Å². The maximum Gasteiger partial charge on any atom is 0.358 e. The third-order valence-electron chi connectivity index (χ3n) is 3.87. The van der Waals surface area contributed by atoms with Gasteiger partial charge < -0.3 is 10.1 Å². The van der Waals surface area contributed by atoms with Crippen LogP contribution in [0.15, 0.2) is 53.9 Å². The lowest BCUT2D eigenvalue weighted by Crippen LogP contribution is -2.31. The zero-order chi connectivity index (χ0) is 20.1. The van der Waals surface area contributed by atoms with Gasteiger partial charge in [-0.2, -0.15) is 0 Å². The topological polar surface area (TPSA) is 68.3 Å². The molecule has 144 valence electrons. The van der Waals surface area contributed by atoms with Crippen molar-refractivity contribution in [3.05, 3.63) is 76.8 Å². The van der Waals surface area contributed by atoms with Gasteiger partial charge in [-0.15, -0.1) is 11.3 Å². The van der Waals surface area contributed by atoms with E-state index >= 15 is 0 Å². The van der Waals surface area contributed by atoms with Gasteiger partial charge in [0.05, 0.1) is 6.04 Å². The van der Waals surface area contributed by atoms with Crippen molar-refractivity contribution < 1.29 is 23.1 Å². The van der Waals surface area contributed by atoms with Crippen molar-refractivity contribution in [2.24, 2.45) is 0 Å². The van der Waals surface area contributed by atoms with E-state index in [2.05, 4.69) is 10.3 Å². The number of carbonyl (C=O) groups excluding carboxylic acids is 2. The summed E-state index contributed by atoms with van der Waals surface area (Å²) in [4.78, 5) is 28.3. The van der Waals surface area contributed by atoms with Crippen molar-refractivity contribution in [1.82, 2.24) is 10.3 Å². The smallest absolute Gasteiger partial charge is 0.358 e. The van der Waals surface area contributed by atoms with Crippen LogP contribution in [0.3, 0.4) is 0 Å². The average Bonchev–Trinajstić information content (AvgIpc) is 3.17. The summed E-state index contributed by atoms with van der Waals surface area (Å²) in [6.07, 6.45) is 0. The fraction of sp³-hybridized carbons (Fsp3) is 0.150. The van der Waals surface area contributed by atoms with Gasteiger partial charge in [0.2, 0.25) is 0 Å². The molecule has 0 radical (unpaired) electrons. The Labute approximate surface area is 164 Å². The number of hydrogen-bond donors (Lipinski definition) is 1. The van der Waals surface area contributed by atoms with E-state index in [1.54, 1.807) is 12.3 Å². The summed E-state index contributed by atoms with van der Waals surface area (Å²) in [5.41, 5.74) is 1.11. The van der Waals surface area contributed by atoms with Gasteiger partial charge in [0.1, 0.15) is 16.6 Å². The predicted octanol–water partition coefficient (Wildman–Crippen LogP) is 4.12. The van der Waals surface area contributed by atoms with Crippen molar-refractivity contribution >= 4 is 23.2 Å². The molecule has 2 aromatic carbocycles. The first-order chi connectivity index (χ1) is 13.4. The number of carbonyl (C=O) groups is 2. The molecule has 0 spiro atoms. The average molecular weight is 402 g/mol. The summed E-state index contributed by atoms with van der Waals surface area (Å²) in [7, 11) is 0. The van der Waals surface area contributed by atoms with E-state index in [4.69, 9.17) is 4.74 Å². The van der Waals surface area contributed by atoms with Crippen LogP contribution in [0.25, 0.3) is 10.6 Å². The Balaban J connectivity index is 1.54. The molecule has 0 aliphatic heterocycles. The number of aromatic nitrogens is 1. The summed E-state index contributed by atoms with van der Waals surface area (Å²) in [5.74, 6) is -2.80. The fourth-order valence-corrected chi connectivity index (χ4v) is 3.29. The van der Waals surface area contributed by atoms with Gasteiger partial charge in [-0.25, -0.2) is 18.6 Å². The third kappa shape index (κ3) is 4.77. The van der Waals surface area contributed by atoms with Gasteiger partial charge in [0.15, 0.2) is 12.3 Å². The summed E-state index contributed by atoms with van der Waals surface area (Å²) in [6, 6.07) is 11.7. The standard InChI is InChI=1S/C20H16F2N2O3S/c1-12(15-8-7-14(21)9-16(15)22)23-18(25)10-27-20(26)17-11-28-19(24-17)13-5-3-2-4-6-13/h2-9,11-12H,10H2,1H3,(H,23,25)/t12-/m1/s1. The Kier molecular flexibility index (Phi) is 6.10. The highest BCUT2D eigenvalue weighted by Crippen LogP contribution is 2.23. The van der Waals surface area contributed by atoms with E-state index in [1.807, 2.05) is 30.3 Å². The summed E-state index contributed by atoms with van der Waals surface area (Å²) >= 11 is 1.29. The molecule has 0 aliphatic carbocycles. The van der Waals surface area contributed by atoms with E-state index in [0.717, 1.165) is 17.7 Å². The van der Waals surface area contributed by atoms with Crippen molar-refractivity contribution in [3.63, 3.8) is 0 Å². The van der Waals surface area contributed by atoms with Crippen LogP contribution in [0.1, 0.15) is 29.0 Å². The number of nitrogens with zero attached hydrogens (tertiary/aromatic N) is 1. The molecule has 8 heteroatoms. The van der Waals surface area contributed by atoms with Crippen molar-refractivity contribution in [2.45, 2.75) is 13.0 Å². The van der Waals surface area contributed by atoms with Gasteiger partial charge in [-0.1, -0.05) is 36.4 Å². The molecule has 0 saturated carbocycles. The van der Waals surface area contributed by atoms with E-state index in [-0.39, 0.29) is 11.3 Å². The second kappa shape index (κ2) is 8.71. The Morgan fingerprint density at radius 3 is 2.64 bits per heavy atom. The minimum Gasteiger partial charge on any atom is -0.451 e. The summed E-state index contributed by atoms with van der Waals surface area (Å²) in [5, 5.41) is 4.72. The lowest BCUT2D eigenvalue weighted by Gasteiger charge is -2.15. The lowest BCUT2D eigenvalue weighted by atomic mass is 10.1. The van der Waals surface area contributed by atoms with Crippen LogP contribution < -0.4 is 5.32 Å². The van der Waals surface area contributed by atoms with Gasteiger partial charge in [-0.05, 0) is 13.0 Å². The fourth-order valence-electron chi connectivity index (χ4n) is 2.50. The van der Waals surface area contributed by atoms with Crippen LogP contribution >= 0.6 is 11.3 Å². The monoisotopic (exact) mass is 402 g/mol. The Morgan fingerprint density at radius 1 is 1.18 bits per heavy atom. The van der Waals surface area contributed by atoms with Crippen molar-refractivity contribution in [3.8, 4) is 10.6 Å². The molecule has 0 bridgehead atoms. The van der Waals surface area contributed by atoms with Gasteiger partial charge in [0, 0.05) is 22.6 Å². The van der Waals surface area contributed by atoms with Crippen LogP contribution in [0.5, 0.6) is 0 Å². The number of halogens is 2. The Bertz CT molecular complexity index is 992. The molecule has 1 heterocycles. The van der Waals surface area contributed by atoms with Gasteiger partial charge in [-0.3, -0.25) is 4.79 Å². The van der Waals surface area contributed by atoms with Crippen LogP contribution in [-0.2, 0) is 9.53 Å². The summed E-state index contributed by atoms with van der Waals surface area (Å²) < 4.78 is 31.7. The SMILES string of the molecule is C[C@@H](NC(=O)COC(=O)c1csc(-c2ccccc2)n1)c1ccc(F)cc1F. The number of hydrogen-bond acceptors (Lipinski definition) is 5. The van der Waals surface area contributed by atoms with E-state index < -0.39 is 36.2 Å². The molecular formula is C20H16F2N2O3S. The number of ether oxygens (including phenoxy) is 1. The van der Waals surface area contributed by atoms with Gasteiger partial charge in [0.25, 0.3) is 5.91 Å². The second-order valence-corrected chi connectivity index (χ2v) is 6.79. The molecular weight excluding hydrogens is 386 g/mol. The van der Waals surface area contributed by atoms with Gasteiger partial charge >= 0.3 is 5.97 Å². The Morgan fingerprint density at radius 2 is 1.93 bits per heavy atom. The van der Waals surface area contributed by atoms with Crippen molar-refractivity contribution in [2.75, 3.05) is 6.61 Å². The van der Waals surface area contributed by atoms with Crippen LogP contribution in [0.4, 0.5) is 8.78 Å².